The lowest BCUT2D eigenvalue weighted by atomic mass is 10.2. The van der Waals surface area contributed by atoms with Gasteiger partial charge >= 0.3 is 0 Å². The number of aromatic nitrogens is 2. The number of benzene rings is 3. The van der Waals surface area contributed by atoms with Crippen molar-refractivity contribution in [3.05, 3.63) is 90.5 Å². The number of amides is 1. The quantitative estimate of drug-likeness (QED) is 0.418. The number of nitrogens with zero attached hydrogens (tertiary/aromatic N) is 4. The number of hydrogen-bond donors (Lipinski definition) is 0. The van der Waals surface area contributed by atoms with E-state index >= 15 is 0 Å². The summed E-state index contributed by atoms with van der Waals surface area (Å²) >= 11 is 0. The molecule has 1 fully saturated rings. The maximum atomic E-state index is 12.6. The Morgan fingerprint density at radius 3 is 2.21 bits per heavy atom. The van der Waals surface area contributed by atoms with Gasteiger partial charge in [-0.05, 0) is 29.8 Å². The molecule has 4 aromatic rings. The lowest BCUT2D eigenvalue weighted by Crippen LogP contribution is -2.49. The molecular weight excluding hydrogens is 428 g/mol. The van der Waals surface area contributed by atoms with Crippen LogP contribution in [0.25, 0.3) is 22.8 Å². The molecule has 7 heteroatoms. The van der Waals surface area contributed by atoms with E-state index in [1.165, 1.54) is 5.56 Å². The Morgan fingerprint density at radius 1 is 0.824 bits per heavy atom. The van der Waals surface area contributed by atoms with Crippen molar-refractivity contribution in [1.82, 2.24) is 19.9 Å². The van der Waals surface area contributed by atoms with Gasteiger partial charge in [0.05, 0.1) is 0 Å². The van der Waals surface area contributed by atoms with E-state index in [1.807, 2.05) is 65.6 Å². The van der Waals surface area contributed by atoms with Crippen LogP contribution in [-0.2, 0) is 11.3 Å². The molecule has 172 valence electrons. The predicted molar refractivity (Wildman–Crippen MR) is 129 cm³/mol. The average molecular weight is 455 g/mol. The molecule has 34 heavy (non-hydrogen) atoms. The van der Waals surface area contributed by atoms with Crippen molar-refractivity contribution in [1.29, 1.82) is 0 Å². The van der Waals surface area contributed by atoms with Gasteiger partial charge in [-0.1, -0.05) is 65.8 Å². The Bertz CT molecular complexity index is 1200. The van der Waals surface area contributed by atoms with Crippen LogP contribution in [0, 0.1) is 0 Å². The molecule has 1 aliphatic rings. The van der Waals surface area contributed by atoms with Gasteiger partial charge < -0.3 is 14.2 Å². The van der Waals surface area contributed by atoms with E-state index in [1.54, 1.807) is 0 Å². The van der Waals surface area contributed by atoms with Gasteiger partial charge in [0.25, 0.3) is 11.8 Å². The summed E-state index contributed by atoms with van der Waals surface area (Å²) in [6, 6.07) is 27.4. The third kappa shape index (κ3) is 5.32. The highest BCUT2D eigenvalue weighted by molar-refractivity contribution is 5.78. The predicted octanol–water partition coefficient (Wildman–Crippen LogP) is 4.13. The SMILES string of the molecule is O=C(COc1ccc(-c2nc(-c3ccccc3)no2)cc1)N1CCN(Cc2ccccc2)CC1. The molecule has 1 aliphatic heterocycles. The van der Waals surface area contributed by atoms with Gasteiger partial charge in [-0.15, -0.1) is 0 Å². The van der Waals surface area contributed by atoms with E-state index < -0.39 is 0 Å². The minimum atomic E-state index is 0.00726. The number of carbonyl (C=O) groups is 1. The average Bonchev–Trinajstić information content (AvgIpc) is 3.40. The Balaban J connectivity index is 1.10. The third-order valence-electron chi connectivity index (χ3n) is 5.90. The van der Waals surface area contributed by atoms with Crippen molar-refractivity contribution in [2.45, 2.75) is 6.54 Å². The molecule has 3 aromatic carbocycles. The lowest BCUT2D eigenvalue weighted by Gasteiger charge is -2.34. The Hall–Kier alpha value is -3.97. The first-order valence-corrected chi connectivity index (χ1v) is 11.4. The summed E-state index contributed by atoms with van der Waals surface area (Å²) in [5.41, 5.74) is 2.99. The molecule has 0 atom stereocenters. The first-order valence-electron chi connectivity index (χ1n) is 11.4. The van der Waals surface area contributed by atoms with Gasteiger partial charge in [0.15, 0.2) is 6.61 Å². The van der Waals surface area contributed by atoms with Gasteiger partial charge in [-0.2, -0.15) is 4.98 Å². The molecule has 2 heterocycles. The fourth-order valence-electron chi connectivity index (χ4n) is 3.97. The van der Waals surface area contributed by atoms with Crippen molar-refractivity contribution >= 4 is 5.91 Å². The van der Waals surface area contributed by atoms with Crippen LogP contribution < -0.4 is 4.74 Å². The van der Waals surface area contributed by atoms with Gasteiger partial charge in [0.2, 0.25) is 5.82 Å². The van der Waals surface area contributed by atoms with Crippen LogP contribution in [0.1, 0.15) is 5.56 Å². The molecule has 0 radical (unpaired) electrons. The summed E-state index contributed by atoms with van der Waals surface area (Å²) in [5, 5.41) is 4.05. The van der Waals surface area contributed by atoms with Crippen LogP contribution in [0.3, 0.4) is 0 Å². The van der Waals surface area contributed by atoms with E-state index in [0.29, 0.717) is 17.5 Å². The maximum Gasteiger partial charge on any atom is 0.260 e. The van der Waals surface area contributed by atoms with Crippen LogP contribution in [0.2, 0.25) is 0 Å². The minimum Gasteiger partial charge on any atom is -0.484 e. The topological polar surface area (TPSA) is 71.7 Å². The van der Waals surface area contributed by atoms with Crippen LogP contribution in [-0.4, -0.2) is 58.6 Å². The summed E-state index contributed by atoms with van der Waals surface area (Å²) in [6.07, 6.45) is 0. The fourth-order valence-corrected chi connectivity index (χ4v) is 3.97. The Morgan fingerprint density at radius 2 is 1.50 bits per heavy atom. The highest BCUT2D eigenvalue weighted by atomic mass is 16.5. The highest BCUT2D eigenvalue weighted by Gasteiger charge is 2.21. The summed E-state index contributed by atoms with van der Waals surface area (Å²) in [5.74, 6) is 1.62. The molecule has 7 nitrogen and oxygen atoms in total. The van der Waals surface area contributed by atoms with E-state index in [9.17, 15) is 4.79 Å². The van der Waals surface area contributed by atoms with Gasteiger partial charge in [0, 0.05) is 43.9 Å². The van der Waals surface area contributed by atoms with E-state index in [-0.39, 0.29) is 12.5 Å². The zero-order valence-corrected chi connectivity index (χ0v) is 18.8. The molecular formula is C27H26N4O3. The van der Waals surface area contributed by atoms with E-state index in [4.69, 9.17) is 9.26 Å². The van der Waals surface area contributed by atoms with Crippen molar-refractivity contribution in [2.75, 3.05) is 32.8 Å². The molecule has 1 amide bonds. The molecule has 1 aromatic heterocycles. The normalized spacial score (nSPS) is 14.2. The third-order valence-corrected chi connectivity index (χ3v) is 5.90. The molecule has 0 bridgehead atoms. The molecule has 5 rings (SSSR count). The molecule has 0 N–H and O–H groups in total. The minimum absolute atomic E-state index is 0.00726. The van der Waals surface area contributed by atoms with E-state index in [2.05, 4.69) is 39.3 Å². The van der Waals surface area contributed by atoms with Crippen LogP contribution >= 0.6 is 0 Å². The van der Waals surface area contributed by atoms with Crippen molar-refractivity contribution < 1.29 is 14.1 Å². The molecule has 0 saturated carbocycles. The second-order valence-corrected chi connectivity index (χ2v) is 8.24. The fraction of sp³-hybridized carbons (Fsp3) is 0.222. The van der Waals surface area contributed by atoms with Crippen molar-refractivity contribution in [3.8, 4) is 28.6 Å². The summed E-state index contributed by atoms with van der Waals surface area (Å²) in [4.78, 5) is 21.3. The molecule has 0 spiro atoms. The van der Waals surface area contributed by atoms with Gasteiger partial charge in [-0.25, -0.2) is 0 Å². The van der Waals surface area contributed by atoms with Gasteiger partial charge in [0.1, 0.15) is 5.75 Å². The van der Waals surface area contributed by atoms with Crippen LogP contribution in [0.4, 0.5) is 0 Å². The molecule has 0 aliphatic carbocycles. The Labute approximate surface area is 198 Å². The number of rotatable bonds is 7. The smallest absolute Gasteiger partial charge is 0.260 e. The van der Waals surface area contributed by atoms with Gasteiger partial charge in [-0.3, -0.25) is 9.69 Å². The van der Waals surface area contributed by atoms with Crippen LogP contribution in [0.5, 0.6) is 5.75 Å². The summed E-state index contributed by atoms with van der Waals surface area (Å²) in [7, 11) is 0. The zero-order chi connectivity index (χ0) is 23.2. The van der Waals surface area contributed by atoms with Crippen molar-refractivity contribution in [3.63, 3.8) is 0 Å². The molecule has 0 unspecified atom stereocenters. The maximum absolute atomic E-state index is 12.6. The number of piperazine rings is 1. The monoisotopic (exact) mass is 454 g/mol. The summed E-state index contributed by atoms with van der Waals surface area (Å²) < 4.78 is 11.1. The first-order chi connectivity index (χ1) is 16.7. The van der Waals surface area contributed by atoms with Crippen molar-refractivity contribution in [2.24, 2.45) is 0 Å². The Kier molecular flexibility index (Phi) is 6.63. The second kappa shape index (κ2) is 10.3. The van der Waals surface area contributed by atoms with Crippen LogP contribution in [0.15, 0.2) is 89.5 Å². The molecule has 1 saturated heterocycles. The first kappa shape index (κ1) is 21.9. The highest BCUT2D eigenvalue weighted by Crippen LogP contribution is 2.24. The second-order valence-electron chi connectivity index (χ2n) is 8.24. The summed E-state index contributed by atoms with van der Waals surface area (Å²) in [6.45, 7) is 4.11. The zero-order valence-electron chi connectivity index (χ0n) is 18.8. The number of hydrogen-bond acceptors (Lipinski definition) is 6. The largest absolute Gasteiger partial charge is 0.484 e. The standard InChI is InChI=1S/C27H26N4O3/c32-25(31-17-15-30(16-18-31)19-21-7-3-1-4-8-21)20-33-24-13-11-23(12-14-24)27-28-26(29-34-27)22-9-5-2-6-10-22/h1-14H,15-20H2. The van der Waals surface area contributed by atoms with E-state index in [0.717, 1.165) is 43.9 Å². The number of ether oxygens (including phenoxy) is 1. The number of carbonyl (C=O) groups excluding carboxylic acids is 1. The lowest BCUT2D eigenvalue weighted by molar-refractivity contribution is -0.135.